The molecule has 0 bridgehead atoms. The number of nitrogens with zero attached hydrogens (tertiary/aromatic N) is 1. The summed E-state index contributed by atoms with van der Waals surface area (Å²) in [6.07, 6.45) is 0. The van der Waals surface area contributed by atoms with Crippen LogP contribution in [0.25, 0.3) is 11.3 Å². The minimum absolute atomic E-state index is 0.174. The molecular weight excluding hydrogens is 292 g/mol. The van der Waals surface area contributed by atoms with Crippen molar-refractivity contribution >= 4 is 22.9 Å². The van der Waals surface area contributed by atoms with Crippen molar-refractivity contribution in [2.45, 2.75) is 13.8 Å². The first-order valence-electron chi connectivity index (χ1n) is 7.03. The van der Waals surface area contributed by atoms with Gasteiger partial charge in [0.15, 0.2) is 5.01 Å². The summed E-state index contributed by atoms with van der Waals surface area (Å²) in [7, 11) is 0. The molecule has 0 saturated carbocycles. The van der Waals surface area contributed by atoms with Crippen molar-refractivity contribution in [1.82, 2.24) is 4.98 Å². The summed E-state index contributed by atoms with van der Waals surface area (Å²) in [5.41, 5.74) is 5.08. The van der Waals surface area contributed by atoms with Gasteiger partial charge in [0.2, 0.25) is 0 Å². The van der Waals surface area contributed by atoms with Crippen molar-refractivity contribution in [3.05, 3.63) is 70.0 Å². The number of rotatable bonds is 3. The molecule has 3 rings (SSSR count). The number of hydrogen-bond acceptors (Lipinski definition) is 3. The summed E-state index contributed by atoms with van der Waals surface area (Å²) in [4.78, 5) is 16.7. The summed E-state index contributed by atoms with van der Waals surface area (Å²) in [6.45, 7) is 4.13. The summed E-state index contributed by atoms with van der Waals surface area (Å²) < 4.78 is 0. The van der Waals surface area contributed by atoms with Crippen molar-refractivity contribution in [3.8, 4) is 11.3 Å². The minimum atomic E-state index is -0.174. The maximum Gasteiger partial charge on any atom is 0.284 e. The molecule has 3 aromatic rings. The molecule has 0 aliphatic carbocycles. The third kappa shape index (κ3) is 3.07. The van der Waals surface area contributed by atoms with Gasteiger partial charge in [-0.2, -0.15) is 0 Å². The van der Waals surface area contributed by atoms with Crippen LogP contribution >= 0.6 is 11.3 Å². The van der Waals surface area contributed by atoms with Crippen LogP contribution in [0, 0.1) is 13.8 Å². The Morgan fingerprint density at radius 1 is 1.09 bits per heavy atom. The zero-order valence-corrected chi connectivity index (χ0v) is 13.3. The number of amides is 1. The summed E-state index contributed by atoms with van der Waals surface area (Å²) >= 11 is 1.36. The van der Waals surface area contributed by atoms with Crippen LogP contribution in [-0.2, 0) is 0 Å². The number of nitrogens with one attached hydrogen (secondary N) is 1. The normalized spacial score (nSPS) is 10.5. The van der Waals surface area contributed by atoms with Gasteiger partial charge in [0.25, 0.3) is 5.91 Å². The first-order chi connectivity index (χ1) is 10.6. The topological polar surface area (TPSA) is 42.0 Å². The van der Waals surface area contributed by atoms with Gasteiger partial charge in [0, 0.05) is 16.6 Å². The average Bonchev–Trinajstić information content (AvgIpc) is 2.98. The van der Waals surface area contributed by atoms with Gasteiger partial charge in [-0.1, -0.05) is 42.0 Å². The SMILES string of the molecule is Cc1ccc(-c2csc(C(=O)Nc3ccccc3)n2)c(C)c1. The second kappa shape index (κ2) is 6.12. The van der Waals surface area contributed by atoms with E-state index < -0.39 is 0 Å². The Morgan fingerprint density at radius 2 is 1.86 bits per heavy atom. The zero-order valence-electron chi connectivity index (χ0n) is 12.5. The minimum Gasteiger partial charge on any atom is -0.320 e. The number of carbonyl (C=O) groups excluding carboxylic acids is 1. The van der Waals surface area contributed by atoms with Gasteiger partial charge < -0.3 is 5.32 Å². The van der Waals surface area contributed by atoms with E-state index >= 15 is 0 Å². The van der Waals surface area contributed by atoms with Crippen LogP contribution in [0.1, 0.15) is 20.9 Å². The monoisotopic (exact) mass is 308 g/mol. The zero-order chi connectivity index (χ0) is 15.5. The van der Waals surface area contributed by atoms with Crippen molar-refractivity contribution in [2.24, 2.45) is 0 Å². The first kappa shape index (κ1) is 14.5. The number of benzene rings is 2. The van der Waals surface area contributed by atoms with E-state index in [9.17, 15) is 4.79 Å². The molecule has 1 aromatic heterocycles. The number of para-hydroxylation sites is 1. The lowest BCUT2D eigenvalue weighted by Crippen LogP contribution is -2.11. The molecule has 3 nitrogen and oxygen atoms in total. The van der Waals surface area contributed by atoms with Crippen LogP contribution < -0.4 is 5.32 Å². The molecular formula is C18H16N2OS. The molecule has 1 heterocycles. The van der Waals surface area contributed by atoms with Gasteiger partial charge in [0.05, 0.1) is 5.69 Å². The number of thiazole rings is 1. The molecule has 4 heteroatoms. The quantitative estimate of drug-likeness (QED) is 0.763. The highest BCUT2D eigenvalue weighted by molar-refractivity contribution is 7.12. The van der Waals surface area contributed by atoms with E-state index in [2.05, 4.69) is 42.3 Å². The van der Waals surface area contributed by atoms with Gasteiger partial charge in [0.1, 0.15) is 0 Å². The highest BCUT2D eigenvalue weighted by atomic mass is 32.1. The Morgan fingerprint density at radius 3 is 2.59 bits per heavy atom. The highest BCUT2D eigenvalue weighted by Gasteiger charge is 2.13. The molecule has 0 aliphatic heterocycles. The Bertz CT molecular complexity index is 809. The lowest BCUT2D eigenvalue weighted by atomic mass is 10.0. The fourth-order valence-electron chi connectivity index (χ4n) is 2.31. The second-order valence-electron chi connectivity index (χ2n) is 5.18. The summed E-state index contributed by atoms with van der Waals surface area (Å²) in [5.74, 6) is -0.174. The molecule has 2 aromatic carbocycles. The smallest absolute Gasteiger partial charge is 0.284 e. The molecule has 0 fully saturated rings. The van der Waals surface area contributed by atoms with E-state index in [1.54, 1.807) is 0 Å². The average molecular weight is 308 g/mol. The maximum atomic E-state index is 12.2. The van der Waals surface area contributed by atoms with E-state index in [1.165, 1.54) is 22.5 Å². The molecule has 1 N–H and O–H groups in total. The molecule has 0 spiro atoms. The van der Waals surface area contributed by atoms with E-state index in [0.717, 1.165) is 16.9 Å². The van der Waals surface area contributed by atoms with E-state index in [-0.39, 0.29) is 5.91 Å². The maximum absolute atomic E-state index is 12.2. The largest absolute Gasteiger partial charge is 0.320 e. The number of aromatic nitrogens is 1. The first-order valence-corrected chi connectivity index (χ1v) is 7.91. The van der Waals surface area contributed by atoms with Crippen LogP contribution in [0.5, 0.6) is 0 Å². The summed E-state index contributed by atoms with van der Waals surface area (Å²) in [5, 5.41) is 5.25. The lowest BCUT2D eigenvalue weighted by molar-refractivity contribution is 0.102. The van der Waals surface area contributed by atoms with Crippen molar-refractivity contribution < 1.29 is 4.79 Å². The molecule has 22 heavy (non-hydrogen) atoms. The molecule has 0 aliphatic rings. The Kier molecular flexibility index (Phi) is 4.02. The van der Waals surface area contributed by atoms with Crippen LogP contribution in [-0.4, -0.2) is 10.9 Å². The molecule has 0 atom stereocenters. The molecule has 0 unspecified atom stereocenters. The van der Waals surface area contributed by atoms with E-state index in [1.807, 2.05) is 35.7 Å². The number of anilines is 1. The number of hydrogen-bond donors (Lipinski definition) is 1. The van der Waals surface area contributed by atoms with Crippen molar-refractivity contribution in [2.75, 3.05) is 5.32 Å². The van der Waals surface area contributed by atoms with Gasteiger partial charge in [-0.3, -0.25) is 4.79 Å². The van der Waals surface area contributed by atoms with Crippen LogP contribution in [0.2, 0.25) is 0 Å². The van der Waals surface area contributed by atoms with Crippen LogP contribution in [0.3, 0.4) is 0 Å². The lowest BCUT2D eigenvalue weighted by Gasteiger charge is -2.04. The van der Waals surface area contributed by atoms with Crippen molar-refractivity contribution in [1.29, 1.82) is 0 Å². The fraction of sp³-hybridized carbons (Fsp3) is 0.111. The number of carbonyl (C=O) groups is 1. The fourth-order valence-corrected chi connectivity index (χ4v) is 3.02. The number of aryl methyl sites for hydroxylation is 2. The van der Waals surface area contributed by atoms with Gasteiger partial charge in [-0.05, 0) is 31.5 Å². The molecule has 0 radical (unpaired) electrons. The van der Waals surface area contributed by atoms with Crippen molar-refractivity contribution in [3.63, 3.8) is 0 Å². The standard InChI is InChI=1S/C18H16N2OS/c1-12-8-9-15(13(2)10-12)16-11-22-18(20-16)17(21)19-14-6-4-3-5-7-14/h3-11H,1-2H3,(H,19,21). The molecule has 0 saturated heterocycles. The van der Waals surface area contributed by atoms with Crippen LogP contribution in [0.15, 0.2) is 53.9 Å². The Balaban J connectivity index is 1.83. The van der Waals surface area contributed by atoms with E-state index in [0.29, 0.717) is 5.01 Å². The molecule has 1 amide bonds. The Hall–Kier alpha value is -2.46. The second-order valence-corrected chi connectivity index (χ2v) is 6.03. The predicted molar refractivity (Wildman–Crippen MR) is 91.4 cm³/mol. The van der Waals surface area contributed by atoms with Gasteiger partial charge in [-0.15, -0.1) is 11.3 Å². The third-order valence-electron chi connectivity index (χ3n) is 3.39. The highest BCUT2D eigenvalue weighted by Crippen LogP contribution is 2.26. The Labute approximate surface area is 133 Å². The third-order valence-corrected chi connectivity index (χ3v) is 4.23. The predicted octanol–water partition coefficient (Wildman–Crippen LogP) is 4.68. The van der Waals surface area contributed by atoms with Gasteiger partial charge in [-0.25, -0.2) is 4.98 Å². The van der Waals surface area contributed by atoms with E-state index in [4.69, 9.17) is 0 Å². The van der Waals surface area contributed by atoms with Gasteiger partial charge >= 0.3 is 0 Å². The van der Waals surface area contributed by atoms with Crippen LogP contribution in [0.4, 0.5) is 5.69 Å². The molecule has 110 valence electrons. The summed E-state index contributed by atoms with van der Waals surface area (Å²) in [6, 6.07) is 15.6.